The first-order valence-corrected chi connectivity index (χ1v) is 41.9. The number of urea groups is 1. The fraction of sp³-hybridized carbons (Fsp3) is 0.489. The third-order valence-corrected chi connectivity index (χ3v) is 24.8. The average Bonchev–Trinajstić information content (AvgIpc) is 0.765. The van der Waals surface area contributed by atoms with Crippen molar-refractivity contribution in [1.82, 2.24) is 36.4 Å². The Morgan fingerprint density at radius 2 is 1.25 bits per heavy atom. The van der Waals surface area contributed by atoms with Crippen LogP contribution in [0.5, 0.6) is 57.5 Å². The molecule has 10 aliphatic rings. The predicted molar refractivity (Wildman–Crippen MR) is 443 cm³/mol. The zero-order chi connectivity index (χ0) is 87.6. The quantitative estimate of drug-likeness (QED) is 0.0306. The number of ketones is 3. The molecule has 0 radical (unpaired) electrons. The highest BCUT2D eigenvalue weighted by molar-refractivity contribution is 6.32. The van der Waals surface area contributed by atoms with Crippen molar-refractivity contribution in [3.63, 3.8) is 0 Å². The molecule has 16 rings (SSSR count). The number of carbonyl (C=O) groups is 9. The van der Waals surface area contributed by atoms with Crippen molar-refractivity contribution in [3.05, 3.63) is 135 Å². The van der Waals surface area contributed by atoms with E-state index < -0.39 is 198 Å². The normalized spacial score (nSPS) is 27.2. The molecule has 15 bridgehead atoms. The minimum atomic E-state index is -2.23. The number of hydrogen-bond acceptors (Lipinski definition) is 26. The Morgan fingerprint density at radius 3 is 1.86 bits per heavy atom. The molecule has 4 saturated carbocycles. The number of phenols is 3. The largest absolute Gasteiger partial charge is 0.508 e. The number of nitrogens with two attached hydrogens (primary N) is 1. The molecule has 34 heteroatoms. The topological polar surface area (TPSA) is 476 Å². The second kappa shape index (κ2) is 38.3. The highest BCUT2D eigenvalue weighted by atomic mass is 35.5. The number of aliphatic hydroxyl groups is 5. The lowest BCUT2D eigenvalue weighted by molar-refractivity contribution is -0.270. The fourth-order valence-corrected chi connectivity index (χ4v) is 18.6. The summed E-state index contributed by atoms with van der Waals surface area (Å²) in [6, 6.07) is 10.5. The van der Waals surface area contributed by atoms with E-state index in [9.17, 15) is 55.2 Å². The summed E-state index contributed by atoms with van der Waals surface area (Å²) < 4.78 is 38.0. The Labute approximate surface area is 714 Å². The van der Waals surface area contributed by atoms with Crippen molar-refractivity contribution in [1.29, 1.82) is 0 Å². The number of nitrogens with zero attached hydrogens (tertiary/aromatic N) is 2. The second-order valence-corrected chi connectivity index (χ2v) is 34.8. The summed E-state index contributed by atoms with van der Waals surface area (Å²) in [5, 5.41) is 110. The number of fused-ring (bicyclic) bond motifs is 15. The van der Waals surface area contributed by atoms with Gasteiger partial charge in [-0.25, -0.2) is 4.79 Å². The average molecular weight is 1730 g/mol. The number of phenolic OH excluding ortho intramolecular Hbond substituents is 3. The van der Waals surface area contributed by atoms with Crippen LogP contribution in [-0.4, -0.2) is 207 Å². The summed E-state index contributed by atoms with van der Waals surface area (Å²) in [4.78, 5) is 143. The number of nitrogens with one attached hydrogen (secondary N) is 6. The van der Waals surface area contributed by atoms with E-state index in [1.807, 2.05) is 51.8 Å². The van der Waals surface area contributed by atoms with Crippen molar-refractivity contribution >= 4 is 81.8 Å². The number of aliphatic hydroxyl groups excluding tert-OH is 5. The molecule has 4 aliphatic carbocycles. The van der Waals surface area contributed by atoms with Gasteiger partial charge in [0.2, 0.25) is 41.6 Å². The molecule has 32 nitrogen and oxygen atoms in total. The molecule has 16 N–H and O–H groups in total. The van der Waals surface area contributed by atoms with Crippen LogP contribution < -0.4 is 61.3 Å². The maximum absolute atomic E-state index is 16.7. The molecule has 6 aromatic carbocycles. The molecule has 1 saturated heterocycles. The van der Waals surface area contributed by atoms with E-state index in [1.54, 1.807) is 13.0 Å². The van der Waals surface area contributed by atoms with Crippen LogP contribution in [0.15, 0.2) is 97.1 Å². The molecule has 0 spiro atoms. The Balaban J connectivity index is 0.974. The molecule has 14 atom stereocenters. The number of imide groups is 1. The maximum Gasteiger partial charge on any atom is 0.325 e. The first-order valence-electron chi connectivity index (χ1n) is 41.1. The Kier molecular flexibility index (Phi) is 28.1. The van der Waals surface area contributed by atoms with Crippen LogP contribution in [0.2, 0.25) is 10.0 Å². The molecule has 122 heavy (non-hydrogen) atoms. The van der Waals surface area contributed by atoms with E-state index in [2.05, 4.69) is 31.9 Å². The monoisotopic (exact) mass is 1730 g/mol. The van der Waals surface area contributed by atoms with Crippen molar-refractivity contribution < 1.29 is 112 Å². The van der Waals surface area contributed by atoms with Crippen LogP contribution in [0.25, 0.3) is 11.1 Å². The van der Waals surface area contributed by atoms with Crippen molar-refractivity contribution in [2.45, 2.75) is 164 Å². The van der Waals surface area contributed by atoms with Crippen molar-refractivity contribution in [2.24, 2.45) is 53.1 Å². The Bertz CT molecular complexity index is 4940. The van der Waals surface area contributed by atoms with Gasteiger partial charge < -0.3 is 111 Å². The van der Waals surface area contributed by atoms with E-state index in [0.717, 1.165) is 62.4 Å². The minimum absolute atomic E-state index is 0.0471. The molecular formula is C88H105Cl2N9O23. The number of carbonyl (C=O) groups excluding carboxylic acids is 9. The van der Waals surface area contributed by atoms with Crippen LogP contribution >= 0.6 is 23.2 Å². The molecular weight excluding hydrogens is 1620 g/mol. The highest BCUT2D eigenvalue weighted by Gasteiger charge is 2.51. The second-order valence-electron chi connectivity index (χ2n) is 34.0. The van der Waals surface area contributed by atoms with Crippen LogP contribution in [0.3, 0.4) is 0 Å². The van der Waals surface area contributed by atoms with Crippen LogP contribution in [0.1, 0.15) is 149 Å². The van der Waals surface area contributed by atoms with Crippen LogP contribution in [0.4, 0.5) is 10.5 Å². The smallest absolute Gasteiger partial charge is 0.325 e. The molecule has 654 valence electrons. The zero-order valence-electron chi connectivity index (χ0n) is 68.5. The number of Topliss-reactive ketones (excluding diaryl/α,β-unsaturated/α-hetero) is 3. The molecule has 0 unspecified atom stereocenters. The summed E-state index contributed by atoms with van der Waals surface area (Å²) in [6.45, 7) is 6.55. The van der Waals surface area contributed by atoms with E-state index in [4.69, 9.17) is 57.4 Å². The number of ether oxygens (including phenoxy) is 6. The number of anilines is 1. The van der Waals surface area contributed by atoms with Gasteiger partial charge in [-0.1, -0.05) is 62.2 Å². The number of halogens is 2. The lowest BCUT2D eigenvalue weighted by Gasteiger charge is -2.54. The zero-order valence-corrected chi connectivity index (χ0v) is 70.0. The summed E-state index contributed by atoms with van der Waals surface area (Å²) in [5.41, 5.74) is 4.55. The predicted octanol–water partition coefficient (Wildman–Crippen LogP) is 7.94. The molecule has 7 amide bonds. The number of rotatable bonds is 22. The Morgan fingerprint density at radius 1 is 0.631 bits per heavy atom. The van der Waals surface area contributed by atoms with E-state index in [1.165, 1.54) is 60.7 Å². The van der Waals surface area contributed by atoms with Gasteiger partial charge in [0.05, 0.1) is 21.9 Å². The number of benzene rings is 6. The van der Waals surface area contributed by atoms with Gasteiger partial charge in [0.25, 0.3) is 0 Å². The first kappa shape index (κ1) is 89.5. The van der Waals surface area contributed by atoms with Gasteiger partial charge in [-0.2, -0.15) is 0 Å². The van der Waals surface area contributed by atoms with Gasteiger partial charge in [-0.05, 0) is 203 Å². The van der Waals surface area contributed by atoms with Gasteiger partial charge in [0, 0.05) is 80.2 Å². The fourth-order valence-electron chi connectivity index (χ4n) is 18.1. The number of aromatic hydroxyl groups is 3. The van der Waals surface area contributed by atoms with Gasteiger partial charge in [0.1, 0.15) is 103 Å². The van der Waals surface area contributed by atoms with E-state index in [0.29, 0.717) is 37.1 Å². The molecule has 6 aliphatic heterocycles. The molecule has 6 aromatic rings. The molecule has 6 heterocycles. The highest BCUT2D eigenvalue weighted by Crippen LogP contribution is 2.58. The van der Waals surface area contributed by atoms with Crippen molar-refractivity contribution in [3.8, 4) is 68.6 Å². The first-order chi connectivity index (χ1) is 58.1. The number of hydrogen-bond donors (Lipinski definition) is 15. The standard InChI is InChI=1S/C88H105Cl2N9O23/c1-8-43(21-40(2)3)83(112)96-75-61(103)30-50(33-71(106)93-88(116)92-51-12-16-66(117-19-17-98(4)5)67(34-51)118-20-18-99(6)7)84(113)94-73-49-31-68(119-64-14-10-45(77(75)107)28-57(64)89)82(122-87-81(111)80(110)79(109)70(39-91)121-87)69(32-49)120-65-15-11-46(29-58(65)90)78(108)76-86(115)95-74(63(105)37-53-47-23-41-22-42(25-47)26-48(53)24-41)56-35-52(100)36-60(102)72(56)55-27-44(9-13-59(55)101)54(38-62(73)104)85(114)97-76/h9-16,27-29,31-32,34-36,40-43,47-48,50,53-54,70,73-81,87,100-102,107-111H,8,17-26,30,33,37-39,91H2,1-7H3,(H,94,113)(H,95,115)(H,96,112)(H,97,114)(H2,92,93,106,116)/t41?,42?,43-,47?,48?,50+,53?,54-,70-,73-,74+,75+,76+,77-,78-,79-,80+,81-,87+/m1/s1. The third kappa shape index (κ3) is 20.2. The summed E-state index contributed by atoms with van der Waals surface area (Å²) in [5.74, 6) is -15.4. The molecule has 5 fully saturated rings. The minimum Gasteiger partial charge on any atom is -0.508 e. The lowest BCUT2D eigenvalue weighted by atomic mass is 9.51. The van der Waals surface area contributed by atoms with Crippen molar-refractivity contribution in [2.75, 3.05) is 66.4 Å². The summed E-state index contributed by atoms with van der Waals surface area (Å²) in [7, 11) is 7.44. The van der Waals surface area contributed by atoms with Gasteiger partial charge in [-0.3, -0.25) is 43.7 Å². The molecule has 0 aromatic heterocycles. The third-order valence-electron chi connectivity index (χ3n) is 24.3. The SMILES string of the molecule is CC[C@H](CC(C)C)C(=O)N[C@H]1C(=O)C[C@@H](CC(=O)NC(=O)Nc2ccc(OCCN(C)C)c(OCCN(C)C)c2)C(=O)N[C@H]2C(=O)C[C@H]3C(=O)N[C@H](C(=O)N[C@H](C(=O)CC4C5CC6CC(C5)CC4C6)c4cc(O)cc(O)c4-c4cc3ccc4O)[C@H](O)c3ccc(c(Cl)c3)Oc3cc2cc(c3O[C@@H]2O[C@H](CN)[C@@H](O)[C@H](O)[C@H]2O)Oc2ccc(cc2Cl)[C@H]1O. The van der Waals surface area contributed by atoms with Gasteiger partial charge in [0.15, 0.2) is 40.3 Å². The van der Waals surface area contributed by atoms with Crippen LogP contribution in [0, 0.1) is 47.3 Å². The van der Waals surface area contributed by atoms with Crippen LogP contribution in [-0.2, 0) is 43.1 Å². The number of amides is 7. The van der Waals surface area contributed by atoms with Gasteiger partial charge >= 0.3 is 6.03 Å². The number of likely N-dealkylation sites (N-methyl/N-ethyl adjacent to an activating group) is 2. The lowest BCUT2D eigenvalue weighted by Crippen LogP contribution is -2.60. The van der Waals surface area contributed by atoms with E-state index in [-0.39, 0.29) is 122 Å². The Hall–Kier alpha value is -10.2. The van der Waals surface area contributed by atoms with E-state index >= 15 is 28.8 Å². The summed E-state index contributed by atoms with van der Waals surface area (Å²) >= 11 is 14.4. The van der Waals surface area contributed by atoms with Gasteiger partial charge in [-0.15, -0.1) is 0 Å². The summed E-state index contributed by atoms with van der Waals surface area (Å²) in [6.07, 6.45) is -11.4. The maximum atomic E-state index is 16.7.